The van der Waals surface area contributed by atoms with Crippen LogP contribution in [0.4, 0.5) is 5.82 Å². The zero-order valence-corrected chi connectivity index (χ0v) is 9.46. The number of amidine groups is 1. The van der Waals surface area contributed by atoms with Crippen LogP contribution in [0.5, 0.6) is 0 Å². The highest BCUT2D eigenvalue weighted by Crippen LogP contribution is 2.14. The summed E-state index contributed by atoms with van der Waals surface area (Å²) in [6.07, 6.45) is 2.17. The van der Waals surface area contributed by atoms with Gasteiger partial charge >= 0.3 is 0 Å². The number of halogens is 1. The Hall–Kier alpha value is -1.29. The van der Waals surface area contributed by atoms with Gasteiger partial charge in [-0.05, 0) is 19.1 Å². The van der Waals surface area contributed by atoms with Gasteiger partial charge in [0.25, 0.3) is 0 Å². The number of nitrogens with zero attached hydrogens (tertiary/aromatic N) is 2. The van der Waals surface area contributed by atoms with Gasteiger partial charge in [0.15, 0.2) is 0 Å². The van der Waals surface area contributed by atoms with E-state index in [1.54, 1.807) is 12.3 Å². The van der Waals surface area contributed by atoms with E-state index in [0.29, 0.717) is 18.0 Å². The number of nitrogens with one attached hydrogen (secondary N) is 1. The third kappa shape index (κ3) is 3.75. The van der Waals surface area contributed by atoms with Crippen molar-refractivity contribution in [3.8, 4) is 0 Å². The van der Waals surface area contributed by atoms with Gasteiger partial charge in [-0.2, -0.15) is 0 Å². The molecule has 0 aliphatic carbocycles. The number of aromatic nitrogens is 1. The van der Waals surface area contributed by atoms with Crippen molar-refractivity contribution in [1.29, 1.82) is 5.41 Å². The standard InChI is InChI=1S/C10H15ClN4/c1-2-15(6-5-9(12)13)10-4-3-8(11)7-14-10/h3-4,7H,2,5-6H2,1H3,(H3,12,13). The lowest BCUT2D eigenvalue weighted by Gasteiger charge is -2.21. The molecular weight excluding hydrogens is 212 g/mol. The molecule has 82 valence electrons. The Morgan fingerprint density at radius 2 is 2.33 bits per heavy atom. The largest absolute Gasteiger partial charge is 0.388 e. The van der Waals surface area contributed by atoms with Gasteiger partial charge in [0, 0.05) is 25.7 Å². The molecular formula is C10H15ClN4. The zero-order chi connectivity index (χ0) is 11.3. The van der Waals surface area contributed by atoms with Crippen LogP contribution in [0.25, 0.3) is 0 Å². The molecule has 0 unspecified atom stereocenters. The van der Waals surface area contributed by atoms with E-state index < -0.39 is 0 Å². The van der Waals surface area contributed by atoms with Gasteiger partial charge in [-0.3, -0.25) is 5.41 Å². The molecule has 5 heteroatoms. The van der Waals surface area contributed by atoms with Gasteiger partial charge in [0.1, 0.15) is 5.82 Å². The molecule has 1 aromatic rings. The lowest BCUT2D eigenvalue weighted by molar-refractivity contribution is 0.815. The Kier molecular flexibility index (Phi) is 4.37. The first kappa shape index (κ1) is 11.8. The number of nitrogens with two attached hydrogens (primary N) is 1. The van der Waals surface area contributed by atoms with Crippen molar-refractivity contribution < 1.29 is 0 Å². The number of hydrogen-bond acceptors (Lipinski definition) is 3. The molecule has 0 aliphatic rings. The van der Waals surface area contributed by atoms with Crippen molar-refractivity contribution in [2.75, 3.05) is 18.0 Å². The minimum atomic E-state index is 0.197. The first-order chi connectivity index (χ1) is 7.13. The predicted molar refractivity (Wildman–Crippen MR) is 63.7 cm³/mol. The monoisotopic (exact) mass is 226 g/mol. The summed E-state index contributed by atoms with van der Waals surface area (Å²) in [7, 11) is 0. The van der Waals surface area contributed by atoms with Crippen LogP contribution in [0.15, 0.2) is 18.3 Å². The average Bonchev–Trinajstić information content (AvgIpc) is 2.21. The summed E-state index contributed by atoms with van der Waals surface area (Å²) in [6.45, 7) is 3.58. The molecule has 4 nitrogen and oxygen atoms in total. The van der Waals surface area contributed by atoms with Crippen LogP contribution in [0.1, 0.15) is 13.3 Å². The van der Waals surface area contributed by atoms with E-state index in [0.717, 1.165) is 12.4 Å². The Labute approximate surface area is 94.6 Å². The third-order valence-electron chi connectivity index (χ3n) is 2.07. The van der Waals surface area contributed by atoms with Crippen molar-refractivity contribution in [2.45, 2.75) is 13.3 Å². The van der Waals surface area contributed by atoms with Gasteiger partial charge in [-0.15, -0.1) is 0 Å². The van der Waals surface area contributed by atoms with Crippen LogP contribution in [-0.4, -0.2) is 23.9 Å². The van der Waals surface area contributed by atoms with E-state index in [-0.39, 0.29) is 5.84 Å². The second kappa shape index (κ2) is 5.56. The third-order valence-corrected chi connectivity index (χ3v) is 2.29. The van der Waals surface area contributed by atoms with Gasteiger partial charge in [-0.25, -0.2) is 4.98 Å². The predicted octanol–water partition coefficient (Wildman–Crippen LogP) is 1.89. The summed E-state index contributed by atoms with van der Waals surface area (Å²) in [5.74, 6) is 1.06. The summed E-state index contributed by atoms with van der Waals surface area (Å²) >= 11 is 5.75. The fourth-order valence-corrected chi connectivity index (χ4v) is 1.36. The van der Waals surface area contributed by atoms with Crippen molar-refractivity contribution in [2.24, 2.45) is 5.73 Å². The molecule has 0 amide bonds. The summed E-state index contributed by atoms with van der Waals surface area (Å²) in [6, 6.07) is 3.67. The zero-order valence-electron chi connectivity index (χ0n) is 8.70. The lowest BCUT2D eigenvalue weighted by atomic mass is 10.3. The highest BCUT2D eigenvalue weighted by atomic mass is 35.5. The Bertz CT molecular complexity index is 323. The Balaban J connectivity index is 2.65. The molecule has 0 fully saturated rings. The molecule has 0 bridgehead atoms. The Morgan fingerprint density at radius 1 is 1.60 bits per heavy atom. The molecule has 0 radical (unpaired) electrons. The molecule has 0 saturated carbocycles. The van der Waals surface area contributed by atoms with E-state index in [4.69, 9.17) is 22.7 Å². The molecule has 0 spiro atoms. The van der Waals surface area contributed by atoms with Crippen LogP contribution < -0.4 is 10.6 Å². The number of hydrogen-bond donors (Lipinski definition) is 2. The molecule has 1 rings (SSSR count). The molecule has 1 aromatic heterocycles. The first-order valence-corrected chi connectivity index (χ1v) is 5.20. The van der Waals surface area contributed by atoms with Crippen LogP contribution in [0, 0.1) is 5.41 Å². The molecule has 3 N–H and O–H groups in total. The minimum absolute atomic E-state index is 0.197. The van der Waals surface area contributed by atoms with E-state index in [2.05, 4.69) is 9.88 Å². The Morgan fingerprint density at radius 3 is 2.80 bits per heavy atom. The molecule has 0 aromatic carbocycles. The number of rotatable bonds is 5. The molecule has 0 atom stereocenters. The van der Waals surface area contributed by atoms with E-state index in [1.807, 2.05) is 13.0 Å². The fraction of sp³-hybridized carbons (Fsp3) is 0.400. The topological polar surface area (TPSA) is 66.0 Å². The maximum Gasteiger partial charge on any atom is 0.128 e. The summed E-state index contributed by atoms with van der Waals surface area (Å²) in [4.78, 5) is 6.26. The fourth-order valence-electron chi connectivity index (χ4n) is 1.25. The van der Waals surface area contributed by atoms with Gasteiger partial charge < -0.3 is 10.6 Å². The highest BCUT2D eigenvalue weighted by Gasteiger charge is 2.05. The lowest BCUT2D eigenvalue weighted by Crippen LogP contribution is -2.28. The van der Waals surface area contributed by atoms with Crippen molar-refractivity contribution in [3.05, 3.63) is 23.4 Å². The van der Waals surface area contributed by atoms with E-state index >= 15 is 0 Å². The van der Waals surface area contributed by atoms with Crippen molar-refractivity contribution in [3.63, 3.8) is 0 Å². The van der Waals surface area contributed by atoms with Crippen LogP contribution in [0.3, 0.4) is 0 Å². The minimum Gasteiger partial charge on any atom is -0.388 e. The highest BCUT2D eigenvalue weighted by molar-refractivity contribution is 6.30. The maximum absolute atomic E-state index is 7.17. The summed E-state index contributed by atoms with van der Waals surface area (Å²) in [5, 5.41) is 7.80. The first-order valence-electron chi connectivity index (χ1n) is 4.83. The van der Waals surface area contributed by atoms with Crippen molar-refractivity contribution >= 4 is 23.3 Å². The molecule has 0 saturated heterocycles. The van der Waals surface area contributed by atoms with Gasteiger partial charge in [0.05, 0.1) is 10.9 Å². The van der Waals surface area contributed by atoms with Crippen LogP contribution >= 0.6 is 11.6 Å². The summed E-state index contributed by atoms with van der Waals surface area (Å²) in [5.41, 5.74) is 5.31. The molecule has 15 heavy (non-hydrogen) atoms. The van der Waals surface area contributed by atoms with Crippen LogP contribution in [0.2, 0.25) is 5.02 Å². The van der Waals surface area contributed by atoms with Crippen LogP contribution in [-0.2, 0) is 0 Å². The van der Waals surface area contributed by atoms with Gasteiger partial charge in [0.2, 0.25) is 0 Å². The summed E-state index contributed by atoms with van der Waals surface area (Å²) < 4.78 is 0. The number of anilines is 1. The van der Waals surface area contributed by atoms with E-state index in [9.17, 15) is 0 Å². The molecule has 0 aliphatic heterocycles. The average molecular weight is 227 g/mol. The second-order valence-electron chi connectivity index (χ2n) is 3.19. The number of pyridine rings is 1. The normalized spacial score (nSPS) is 10.0. The maximum atomic E-state index is 7.17. The van der Waals surface area contributed by atoms with Gasteiger partial charge in [-0.1, -0.05) is 11.6 Å². The smallest absolute Gasteiger partial charge is 0.128 e. The SMILES string of the molecule is CCN(CCC(=N)N)c1ccc(Cl)cn1. The molecule has 1 heterocycles. The van der Waals surface area contributed by atoms with Crippen molar-refractivity contribution in [1.82, 2.24) is 4.98 Å². The van der Waals surface area contributed by atoms with E-state index in [1.165, 1.54) is 0 Å². The quantitative estimate of drug-likeness (QED) is 0.595. The second-order valence-corrected chi connectivity index (χ2v) is 3.63.